The van der Waals surface area contributed by atoms with Crippen LogP contribution in [0.3, 0.4) is 0 Å². The van der Waals surface area contributed by atoms with E-state index in [0.717, 1.165) is 23.8 Å². The van der Waals surface area contributed by atoms with Crippen molar-refractivity contribution in [1.29, 1.82) is 5.26 Å². The van der Waals surface area contributed by atoms with Crippen LogP contribution in [0.4, 0.5) is 16.6 Å². The Morgan fingerprint density at radius 3 is 2.73 bits per heavy atom. The zero-order valence-electron chi connectivity index (χ0n) is 19.7. The molecule has 1 aliphatic heterocycles. The minimum Gasteiger partial charge on any atom is -0.374 e. The van der Waals surface area contributed by atoms with E-state index in [0.29, 0.717) is 43.1 Å². The third kappa shape index (κ3) is 4.42. The number of aromatic amines is 1. The van der Waals surface area contributed by atoms with Crippen LogP contribution in [0.15, 0.2) is 53.3 Å². The van der Waals surface area contributed by atoms with Crippen molar-refractivity contribution in [2.75, 3.05) is 29.9 Å². The standard InChI is InChI=1S/C25H22N8O4/c26-14-17-3-1-16(2-4-17)13-19(34)33-12-11-32(15-25(33)7-8-25)22-18-5-9-27-21(18)29-23(30-22)31-24(35)36-20-6-10-28-37-20/h1-6,9-10H,7-8,11-13,15H2,(H2,27,29,30,31,35). The Morgan fingerprint density at radius 2 is 2.00 bits per heavy atom. The van der Waals surface area contributed by atoms with Crippen LogP contribution in [0.1, 0.15) is 24.0 Å². The Bertz CT molecular complexity index is 1500. The Morgan fingerprint density at radius 1 is 1.16 bits per heavy atom. The van der Waals surface area contributed by atoms with Gasteiger partial charge in [-0.1, -0.05) is 17.3 Å². The van der Waals surface area contributed by atoms with Crippen LogP contribution in [0.25, 0.3) is 11.0 Å². The first-order valence-electron chi connectivity index (χ1n) is 11.8. The number of amides is 2. The molecule has 2 aliphatic rings. The summed E-state index contributed by atoms with van der Waals surface area (Å²) in [6.07, 6.45) is 4.46. The number of anilines is 2. The van der Waals surface area contributed by atoms with E-state index in [1.807, 2.05) is 23.1 Å². The van der Waals surface area contributed by atoms with Crippen LogP contribution in [-0.4, -0.2) is 62.2 Å². The second-order valence-electron chi connectivity index (χ2n) is 9.13. The fraction of sp³-hybridized carbons (Fsp3) is 0.280. The topological polar surface area (TPSA) is 153 Å². The van der Waals surface area contributed by atoms with Crippen molar-refractivity contribution >= 4 is 34.8 Å². The van der Waals surface area contributed by atoms with Gasteiger partial charge in [-0.15, -0.1) is 0 Å². The lowest BCUT2D eigenvalue weighted by atomic mass is 10.1. The van der Waals surface area contributed by atoms with Crippen LogP contribution in [-0.2, 0) is 11.2 Å². The summed E-state index contributed by atoms with van der Waals surface area (Å²) in [6, 6.07) is 12.5. The molecule has 1 saturated heterocycles. The fourth-order valence-corrected chi connectivity index (χ4v) is 4.77. The second-order valence-corrected chi connectivity index (χ2v) is 9.13. The summed E-state index contributed by atoms with van der Waals surface area (Å²) in [4.78, 5) is 41.7. The maximum Gasteiger partial charge on any atom is 0.421 e. The molecule has 3 aromatic heterocycles. The molecule has 1 saturated carbocycles. The molecule has 4 aromatic rings. The number of rotatable bonds is 5. The predicted molar refractivity (Wildman–Crippen MR) is 131 cm³/mol. The summed E-state index contributed by atoms with van der Waals surface area (Å²) in [6.45, 7) is 1.77. The SMILES string of the molecule is N#Cc1ccc(CC(=O)N2CCN(c3nc(NC(=O)Oc4ccno4)nc4[nH]ccc34)CC23CC3)cc1. The Hall–Kier alpha value is -4.92. The summed E-state index contributed by atoms with van der Waals surface area (Å²) in [7, 11) is 0. The van der Waals surface area contributed by atoms with Gasteiger partial charge in [-0.05, 0) is 36.6 Å². The van der Waals surface area contributed by atoms with E-state index in [2.05, 4.69) is 36.4 Å². The van der Waals surface area contributed by atoms with Gasteiger partial charge in [-0.25, -0.2) is 4.79 Å². The number of carbonyl (C=O) groups is 2. The molecule has 186 valence electrons. The highest BCUT2D eigenvalue weighted by Crippen LogP contribution is 2.45. The molecule has 0 bridgehead atoms. The van der Waals surface area contributed by atoms with Gasteiger partial charge in [-0.2, -0.15) is 15.2 Å². The van der Waals surface area contributed by atoms with Crippen molar-refractivity contribution in [1.82, 2.24) is 25.0 Å². The number of aromatic nitrogens is 4. The molecule has 12 nitrogen and oxygen atoms in total. The number of fused-ring (bicyclic) bond motifs is 1. The second kappa shape index (κ2) is 8.94. The lowest BCUT2D eigenvalue weighted by Crippen LogP contribution is -2.57. The molecule has 0 unspecified atom stereocenters. The van der Waals surface area contributed by atoms with Crippen molar-refractivity contribution in [3.05, 3.63) is 59.9 Å². The van der Waals surface area contributed by atoms with Crippen LogP contribution in [0.2, 0.25) is 0 Å². The molecule has 1 aliphatic carbocycles. The average molecular weight is 499 g/mol. The van der Waals surface area contributed by atoms with Crippen molar-refractivity contribution < 1.29 is 18.8 Å². The number of nitrogens with one attached hydrogen (secondary N) is 2. The van der Waals surface area contributed by atoms with Crippen molar-refractivity contribution in [3.63, 3.8) is 0 Å². The summed E-state index contributed by atoms with van der Waals surface area (Å²) < 4.78 is 9.83. The van der Waals surface area contributed by atoms with E-state index in [-0.39, 0.29) is 23.3 Å². The summed E-state index contributed by atoms with van der Waals surface area (Å²) >= 11 is 0. The smallest absolute Gasteiger partial charge is 0.374 e. The number of ether oxygens (including phenoxy) is 1. The lowest BCUT2D eigenvalue weighted by molar-refractivity contribution is -0.134. The van der Waals surface area contributed by atoms with Crippen molar-refractivity contribution in [2.45, 2.75) is 24.8 Å². The van der Waals surface area contributed by atoms with E-state index in [9.17, 15) is 9.59 Å². The summed E-state index contributed by atoms with van der Waals surface area (Å²) in [5, 5.41) is 15.9. The lowest BCUT2D eigenvalue weighted by Gasteiger charge is -2.43. The van der Waals surface area contributed by atoms with Gasteiger partial charge in [0.25, 0.3) is 0 Å². The van der Waals surface area contributed by atoms with Gasteiger partial charge in [0.05, 0.1) is 35.2 Å². The molecule has 0 radical (unpaired) electrons. The largest absolute Gasteiger partial charge is 0.421 e. The van der Waals surface area contributed by atoms with Gasteiger partial charge >= 0.3 is 12.0 Å². The molecule has 37 heavy (non-hydrogen) atoms. The van der Waals surface area contributed by atoms with Crippen LogP contribution >= 0.6 is 0 Å². The molecular formula is C25H22N8O4. The molecule has 2 N–H and O–H groups in total. The molecule has 0 atom stereocenters. The van der Waals surface area contributed by atoms with E-state index in [1.165, 1.54) is 12.3 Å². The Labute approximate surface area is 210 Å². The molecule has 2 amide bonds. The van der Waals surface area contributed by atoms with Gasteiger partial charge in [0.15, 0.2) is 0 Å². The van der Waals surface area contributed by atoms with Gasteiger partial charge in [-0.3, -0.25) is 10.1 Å². The van der Waals surface area contributed by atoms with Crippen molar-refractivity contribution in [2.24, 2.45) is 0 Å². The number of nitrogens with zero attached hydrogens (tertiary/aromatic N) is 6. The first-order valence-corrected chi connectivity index (χ1v) is 11.8. The number of piperazine rings is 1. The number of nitriles is 1. The minimum absolute atomic E-state index is 0.0452. The molecule has 12 heteroatoms. The van der Waals surface area contributed by atoms with E-state index >= 15 is 0 Å². The van der Waals surface area contributed by atoms with Gasteiger partial charge in [0.1, 0.15) is 11.5 Å². The average Bonchev–Trinajstić information content (AvgIpc) is 3.26. The van der Waals surface area contributed by atoms with Crippen LogP contribution in [0.5, 0.6) is 5.95 Å². The number of hydrogen-bond acceptors (Lipinski definition) is 9. The van der Waals surface area contributed by atoms with Crippen LogP contribution < -0.4 is 15.0 Å². The molecule has 1 aromatic carbocycles. The highest BCUT2D eigenvalue weighted by molar-refractivity contribution is 5.91. The number of hydrogen-bond donors (Lipinski definition) is 2. The van der Waals surface area contributed by atoms with Gasteiger partial charge in [0, 0.05) is 31.9 Å². The van der Waals surface area contributed by atoms with Crippen LogP contribution in [0, 0.1) is 11.3 Å². The molecule has 6 rings (SSSR count). The summed E-state index contributed by atoms with van der Waals surface area (Å²) in [5.41, 5.74) is 1.79. The normalized spacial score (nSPS) is 16.0. The monoisotopic (exact) mass is 498 g/mol. The maximum atomic E-state index is 13.2. The third-order valence-electron chi connectivity index (χ3n) is 6.73. The van der Waals surface area contributed by atoms with E-state index in [1.54, 1.807) is 18.3 Å². The fourth-order valence-electron chi connectivity index (χ4n) is 4.77. The third-order valence-corrected chi connectivity index (χ3v) is 6.73. The maximum absolute atomic E-state index is 13.2. The van der Waals surface area contributed by atoms with E-state index in [4.69, 9.17) is 14.5 Å². The summed E-state index contributed by atoms with van der Waals surface area (Å²) in [5.74, 6) is 0.787. The van der Waals surface area contributed by atoms with E-state index < -0.39 is 6.09 Å². The zero-order chi connectivity index (χ0) is 25.4. The Kier molecular flexibility index (Phi) is 5.45. The first-order chi connectivity index (χ1) is 18.0. The predicted octanol–water partition coefficient (Wildman–Crippen LogP) is 2.85. The highest BCUT2D eigenvalue weighted by Gasteiger charge is 2.53. The number of benzene rings is 1. The number of carbonyl (C=O) groups excluding carboxylic acids is 2. The first kappa shape index (κ1) is 22.5. The highest BCUT2D eigenvalue weighted by atomic mass is 16.7. The zero-order valence-corrected chi connectivity index (χ0v) is 19.7. The minimum atomic E-state index is -0.800. The quantitative estimate of drug-likeness (QED) is 0.423. The van der Waals surface area contributed by atoms with Gasteiger partial charge < -0.3 is 24.0 Å². The molecule has 2 fully saturated rings. The molecule has 1 spiro atoms. The van der Waals surface area contributed by atoms with Gasteiger partial charge in [0.2, 0.25) is 11.9 Å². The molecule has 4 heterocycles. The number of H-pyrrole nitrogens is 1. The van der Waals surface area contributed by atoms with Crippen molar-refractivity contribution in [3.8, 4) is 12.0 Å². The molecular weight excluding hydrogens is 476 g/mol. The Balaban J connectivity index is 1.19.